The minimum Gasteiger partial charge on any atom is -0.506 e. The number of hydrogen-bond donors (Lipinski definition) is 1. The van der Waals surface area contributed by atoms with E-state index in [-0.39, 0.29) is 34.4 Å². The van der Waals surface area contributed by atoms with Gasteiger partial charge < -0.3 is 5.11 Å². The second-order valence-electron chi connectivity index (χ2n) is 6.45. The number of phenols is 1. The summed E-state index contributed by atoms with van der Waals surface area (Å²) >= 11 is 0. The van der Waals surface area contributed by atoms with Crippen molar-refractivity contribution in [3.05, 3.63) is 41.0 Å². The van der Waals surface area contributed by atoms with E-state index in [1.165, 1.54) is 4.90 Å². The van der Waals surface area contributed by atoms with Crippen molar-refractivity contribution in [2.75, 3.05) is 0 Å². The predicted molar refractivity (Wildman–Crippen MR) is 88.4 cm³/mol. The van der Waals surface area contributed by atoms with E-state index >= 15 is 0 Å². The van der Waals surface area contributed by atoms with Gasteiger partial charge in [-0.1, -0.05) is 43.5 Å². The summed E-state index contributed by atoms with van der Waals surface area (Å²) in [4.78, 5) is 38.6. The number of nitrogens with zero attached hydrogens (tertiary/aromatic N) is 1. The van der Waals surface area contributed by atoms with Gasteiger partial charge in [-0.25, -0.2) is 0 Å². The highest BCUT2D eigenvalue weighted by Gasteiger charge is 2.44. The Hall–Kier alpha value is -2.69. The van der Waals surface area contributed by atoms with Crippen molar-refractivity contribution in [3.63, 3.8) is 0 Å². The van der Waals surface area contributed by atoms with E-state index in [9.17, 15) is 19.5 Å². The van der Waals surface area contributed by atoms with Crippen LogP contribution in [0.25, 0.3) is 10.8 Å². The quantitative estimate of drug-likeness (QED) is 0.680. The van der Waals surface area contributed by atoms with Gasteiger partial charge >= 0.3 is 0 Å². The summed E-state index contributed by atoms with van der Waals surface area (Å²) in [5.74, 6) is -1.21. The fraction of sp³-hybridized carbons (Fsp3) is 0.316. The lowest BCUT2D eigenvalue weighted by atomic mass is 9.94. The third-order valence-electron chi connectivity index (χ3n) is 5.15. The molecule has 0 bridgehead atoms. The van der Waals surface area contributed by atoms with E-state index in [2.05, 4.69) is 0 Å². The van der Waals surface area contributed by atoms with E-state index in [0.717, 1.165) is 32.1 Å². The van der Waals surface area contributed by atoms with Gasteiger partial charge in [0.2, 0.25) is 0 Å². The lowest BCUT2D eigenvalue weighted by molar-refractivity contribution is 0.0549. The van der Waals surface area contributed by atoms with Gasteiger partial charge in [0, 0.05) is 6.04 Å². The molecule has 0 spiro atoms. The molecule has 2 aromatic carbocycles. The van der Waals surface area contributed by atoms with Gasteiger partial charge in [-0.15, -0.1) is 0 Å². The summed E-state index contributed by atoms with van der Waals surface area (Å²) in [6, 6.07) is 6.77. The largest absolute Gasteiger partial charge is 0.506 e. The van der Waals surface area contributed by atoms with Crippen molar-refractivity contribution in [2.45, 2.75) is 38.1 Å². The highest BCUT2D eigenvalue weighted by molar-refractivity contribution is 6.29. The molecule has 1 fully saturated rings. The number of rotatable bonds is 2. The molecule has 1 aliphatic carbocycles. The van der Waals surface area contributed by atoms with Crippen LogP contribution in [0, 0.1) is 0 Å². The van der Waals surface area contributed by atoms with E-state index in [4.69, 9.17) is 0 Å². The molecule has 5 heteroatoms. The van der Waals surface area contributed by atoms with Crippen molar-refractivity contribution in [1.82, 2.24) is 4.90 Å². The number of aldehydes is 1. The lowest BCUT2D eigenvalue weighted by Crippen LogP contribution is -2.40. The van der Waals surface area contributed by atoms with Crippen LogP contribution in [-0.2, 0) is 0 Å². The third-order valence-corrected chi connectivity index (χ3v) is 5.15. The Bertz CT molecular complexity index is 881. The van der Waals surface area contributed by atoms with Crippen molar-refractivity contribution in [3.8, 4) is 5.75 Å². The van der Waals surface area contributed by atoms with Gasteiger partial charge in [-0.05, 0) is 23.6 Å². The molecular weight excluding hydrogens is 306 g/mol. The number of aromatic hydroxyl groups is 1. The molecule has 2 aliphatic rings. The van der Waals surface area contributed by atoms with E-state index in [1.54, 1.807) is 24.3 Å². The smallest absolute Gasteiger partial charge is 0.265 e. The highest BCUT2D eigenvalue weighted by Crippen LogP contribution is 2.41. The van der Waals surface area contributed by atoms with Crippen LogP contribution in [0.4, 0.5) is 0 Å². The van der Waals surface area contributed by atoms with Crippen LogP contribution in [0.5, 0.6) is 5.75 Å². The minimum atomic E-state index is -0.478. The Morgan fingerprint density at radius 3 is 2.25 bits per heavy atom. The zero-order valence-corrected chi connectivity index (χ0v) is 13.1. The number of hydrogen-bond acceptors (Lipinski definition) is 4. The molecule has 0 radical (unpaired) electrons. The Morgan fingerprint density at radius 2 is 1.58 bits per heavy atom. The molecule has 1 aliphatic heterocycles. The molecule has 2 amide bonds. The lowest BCUT2D eigenvalue weighted by Gasteiger charge is -2.29. The van der Waals surface area contributed by atoms with Gasteiger partial charge in [-0.2, -0.15) is 0 Å². The maximum Gasteiger partial charge on any atom is 0.265 e. The fourth-order valence-electron chi connectivity index (χ4n) is 4.00. The number of phenolic OH excluding ortho intramolecular Hbond substituents is 1. The summed E-state index contributed by atoms with van der Waals surface area (Å²) in [5, 5.41) is 11.5. The summed E-state index contributed by atoms with van der Waals surface area (Å²) in [5.41, 5.74) is 0.270. The van der Waals surface area contributed by atoms with E-state index in [1.807, 2.05) is 0 Å². The number of benzene rings is 2. The number of fused-ring (bicyclic) bond motifs is 3. The van der Waals surface area contributed by atoms with Crippen LogP contribution in [0.1, 0.15) is 63.2 Å². The van der Waals surface area contributed by atoms with Gasteiger partial charge in [0.1, 0.15) is 5.75 Å². The molecule has 0 aromatic heterocycles. The molecule has 24 heavy (non-hydrogen) atoms. The van der Waals surface area contributed by atoms with Gasteiger partial charge in [0.25, 0.3) is 11.8 Å². The number of carbonyl (C=O) groups is 3. The highest BCUT2D eigenvalue weighted by atomic mass is 16.3. The zero-order valence-electron chi connectivity index (χ0n) is 13.1. The molecule has 4 rings (SSSR count). The monoisotopic (exact) mass is 323 g/mol. The van der Waals surface area contributed by atoms with Crippen LogP contribution in [0.2, 0.25) is 0 Å². The van der Waals surface area contributed by atoms with Gasteiger partial charge in [0.05, 0.1) is 16.7 Å². The topological polar surface area (TPSA) is 74.7 Å². The maximum atomic E-state index is 13.0. The normalized spacial score (nSPS) is 18.2. The average molecular weight is 323 g/mol. The Morgan fingerprint density at radius 1 is 0.958 bits per heavy atom. The maximum absolute atomic E-state index is 13.0. The molecule has 122 valence electrons. The average Bonchev–Trinajstić information content (AvgIpc) is 2.87. The number of imide groups is 1. The third kappa shape index (κ3) is 1.90. The molecule has 2 aromatic rings. The second kappa shape index (κ2) is 5.44. The van der Waals surface area contributed by atoms with Crippen molar-refractivity contribution < 1.29 is 19.5 Å². The zero-order chi connectivity index (χ0) is 16.8. The molecule has 5 nitrogen and oxygen atoms in total. The fourth-order valence-corrected chi connectivity index (χ4v) is 4.00. The molecular formula is C19H17NO4. The minimum absolute atomic E-state index is 0.0219. The predicted octanol–water partition coefficient (Wildman–Crippen LogP) is 3.29. The van der Waals surface area contributed by atoms with Crippen LogP contribution >= 0.6 is 0 Å². The van der Waals surface area contributed by atoms with Crippen molar-refractivity contribution in [2.24, 2.45) is 0 Å². The molecule has 1 heterocycles. The van der Waals surface area contributed by atoms with Gasteiger partial charge in [-0.3, -0.25) is 19.3 Å². The Balaban J connectivity index is 1.96. The molecule has 0 saturated heterocycles. The summed E-state index contributed by atoms with van der Waals surface area (Å²) in [6.07, 6.45) is 5.23. The summed E-state index contributed by atoms with van der Waals surface area (Å²) in [6.45, 7) is 0. The van der Waals surface area contributed by atoms with Crippen LogP contribution in [0.3, 0.4) is 0 Å². The van der Waals surface area contributed by atoms with Crippen molar-refractivity contribution >= 4 is 28.9 Å². The summed E-state index contributed by atoms with van der Waals surface area (Å²) in [7, 11) is 0. The van der Waals surface area contributed by atoms with Crippen LogP contribution in [0.15, 0.2) is 24.3 Å². The first-order chi connectivity index (χ1) is 11.6. The van der Waals surface area contributed by atoms with Crippen LogP contribution < -0.4 is 0 Å². The molecule has 0 atom stereocenters. The SMILES string of the molecule is O=Cc1c(O)c2c(c3ccccc13)C(=O)N(C1CCCCC1)C2=O. The Labute approximate surface area is 138 Å². The number of carbonyl (C=O) groups excluding carboxylic acids is 3. The van der Waals surface area contributed by atoms with E-state index in [0.29, 0.717) is 17.1 Å². The first-order valence-electron chi connectivity index (χ1n) is 8.26. The molecule has 1 N–H and O–H groups in total. The van der Waals surface area contributed by atoms with Crippen LogP contribution in [-0.4, -0.2) is 34.1 Å². The van der Waals surface area contributed by atoms with Gasteiger partial charge in [0.15, 0.2) is 6.29 Å². The standard InChI is InChI=1S/C19H17NO4/c21-10-14-12-8-4-5-9-13(12)15-16(17(14)22)19(24)20(18(15)23)11-6-2-1-3-7-11/h4-5,8-11,22H,1-3,6-7H2. The summed E-state index contributed by atoms with van der Waals surface area (Å²) < 4.78 is 0. The molecule has 0 unspecified atom stereocenters. The van der Waals surface area contributed by atoms with E-state index < -0.39 is 5.91 Å². The first kappa shape index (κ1) is 14.9. The second-order valence-corrected chi connectivity index (χ2v) is 6.45. The Kier molecular flexibility index (Phi) is 3.37. The first-order valence-corrected chi connectivity index (χ1v) is 8.26. The number of amides is 2. The van der Waals surface area contributed by atoms with Crippen molar-refractivity contribution in [1.29, 1.82) is 0 Å². The molecule has 1 saturated carbocycles.